The summed E-state index contributed by atoms with van der Waals surface area (Å²) in [6, 6.07) is 9.81. The zero-order valence-electron chi connectivity index (χ0n) is 14.0. The number of nitrogens with one attached hydrogen (secondary N) is 1. The van der Waals surface area contributed by atoms with Gasteiger partial charge in [-0.1, -0.05) is 24.3 Å². The third-order valence-electron chi connectivity index (χ3n) is 3.86. The molecular weight excluding hydrogens is 365 g/mol. The summed E-state index contributed by atoms with van der Waals surface area (Å²) in [5, 5.41) is 2.54. The molecule has 1 aliphatic rings. The number of carbonyl (C=O) groups is 2. The Morgan fingerprint density at radius 1 is 1.26 bits per heavy atom. The van der Waals surface area contributed by atoms with E-state index in [1.165, 1.54) is 18.3 Å². The minimum Gasteiger partial charge on any atom is -0.468 e. The molecule has 0 radical (unpaired) electrons. The average molecular weight is 380 g/mol. The predicted molar refractivity (Wildman–Crippen MR) is 87.0 cm³/mol. The lowest BCUT2D eigenvalue weighted by Gasteiger charge is -2.23. The van der Waals surface area contributed by atoms with Crippen LogP contribution in [0.2, 0.25) is 0 Å². The minimum atomic E-state index is -4.50. The fraction of sp³-hybridized carbons (Fsp3) is 0.278. The van der Waals surface area contributed by atoms with Crippen LogP contribution in [0.15, 0.2) is 42.6 Å². The second-order valence-electron chi connectivity index (χ2n) is 5.84. The summed E-state index contributed by atoms with van der Waals surface area (Å²) in [5.74, 6) is -1.36. The molecule has 6 nitrogen and oxygen atoms in total. The van der Waals surface area contributed by atoms with Crippen molar-refractivity contribution in [2.45, 2.75) is 25.2 Å². The molecule has 0 saturated heterocycles. The third-order valence-corrected chi connectivity index (χ3v) is 3.86. The van der Waals surface area contributed by atoms with Gasteiger partial charge in [0.05, 0.1) is 5.56 Å². The maximum absolute atomic E-state index is 12.3. The molecule has 142 valence electrons. The van der Waals surface area contributed by atoms with E-state index in [4.69, 9.17) is 4.74 Å². The first-order valence-electron chi connectivity index (χ1n) is 8.03. The van der Waals surface area contributed by atoms with Crippen LogP contribution >= 0.6 is 0 Å². The average Bonchev–Trinajstić information content (AvgIpc) is 2.64. The van der Waals surface area contributed by atoms with E-state index in [0.717, 1.165) is 0 Å². The van der Waals surface area contributed by atoms with E-state index in [1.54, 1.807) is 24.3 Å². The van der Waals surface area contributed by atoms with Crippen LogP contribution in [-0.2, 0) is 22.5 Å². The molecule has 2 aromatic rings. The third kappa shape index (κ3) is 4.75. The highest BCUT2D eigenvalue weighted by atomic mass is 19.4. The molecule has 9 heteroatoms. The number of alkyl halides is 3. The predicted octanol–water partition coefficient (Wildman–Crippen LogP) is 2.42. The summed E-state index contributed by atoms with van der Waals surface area (Å²) in [7, 11) is 0. The maximum atomic E-state index is 12.3. The molecule has 0 spiro atoms. The lowest BCUT2D eigenvalue weighted by Crippen LogP contribution is -2.41. The maximum Gasteiger partial charge on any atom is 0.422 e. The Morgan fingerprint density at radius 2 is 2.04 bits per heavy atom. The molecule has 0 saturated carbocycles. The normalized spacial score (nSPS) is 16.3. The number of benzene rings is 1. The van der Waals surface area contributed by atoms with Crippen molar-refractivity contribution in [2.75, 3.05) is 6.61 Å². The number of carbonyl (C=O) groups excluding carboxylic acids is 2. The topological polar surface area (TPSA) is 77.5 Å². The Morgan fingerprint density at radius 3 is 2.81 bits per heavy atom. The molecule has 3 rings (SSSR count). The van der Waals surface area contributed by atoms with Crippen molar-refractivity contribution in [2.24, 2.45) is 0 Å². The van der Waals surface area contributed by atoms with Crippen molar-refractivity contribution in [3.05, 3.63) is 59.3 Å². The molecule has 27 heavy (non-hydrogen) atoms. The Hall–Kier alpha value is -3.10. The summed E-state index contributed by atoms with van der Waals surface area (Å²) in [4.78, 5) is 28.0. The van der Waals surface area contributed by atoms with Gasteiger partial charge in [-0.3, -0.25) is 4.79 Å². The Kier molecular flexibility index (Phi) is 5.29. The molecule has 0 fully saturated rings. The summed E-state index contributed by atoms with van der Waals surface area (Å²) >= 11 is 0. The fourth-order valence-electron chi connectivity index (χ4n) is 2.61. The van der Waals surface area contributed by atoms with E-state index >= 15 is 0 Å². The molecule has 0 aliphatic carbocycles. The van der Waals surface area contributed by atoms with E-state index in [1.807, 2.05) is 0 Å². The van der Waals surface area contributed by atoms with E-state index in [2.05, 4.69) is 15.0 Å². The summed E-state index contributed by atoms with van der Waals surface area (Å²) in [6.07, 6.45) is -4.00. The highest BCUT2D eigenvalue weighted by molar-refractivity contribution is 5.95. The smallest absolute Gasteiger partial charge is 0.422 e. The number of nitrogens with zero attached hydrogens (tertiary/aromatic N) is 1. The number of esters is 1. The van der Waals surface area contributed by atoms with Crippen LogP contribution in [0.4, 0.5) is 13.2 Å². The van der Waals surface area contributed by atoms with Crippen LogP contribution < -0.4 is 10.1 Å². The lowest BCUT2D eigenvalue weighted by atomic mass is 9.98. The van der Waals surface area contributed by atoms with Gasteiger partial charge in [-0.2, -0.15) is 13.2 Å². The molecule has 0 bridgehead atoms. The zero-order chi connectivity index (χ0) is 19.4. The SMILES string of the molecule is O=C1OC(C(=O)NCc2cccnc2OCC(F)(F)F)Cc2ccccc21. The number of hydrogen-bond acceptors (Lipinski definition) is 5. The molecule has 1 N–H and O–H groups in total. The van der Waals surface area contributed by atoms with Gasteiger partial charge < -0.3 is 14.8 Å². The van der Waals surface area contributed by atoms with Crippen molar-refractivity contribution in [1.82, 2.24) is 10.3 Å². The van der Waals surface area contributed by atoms with Crippen molar-refractivity contribution < 1.29 is 32.2 Å². The van der Waals surface area contributed by atoms with Gasteiger partial charge in [-0.15, -0.1) is 0 Å². The highest BCUT2D eigenvalue weighted by Crippen LogP contribution is 2.22. The van der Waals surface area contributed by atoms with Gasteiger partial charge in [-0.25, -0.2) is 9.78 Å². The van der Waals surface area contributed by atoms with Crippen LogP contribution in [-0.4, -0.2) is 35.7 Å². The van der Waals surface area contributed by atoms with Gasteiger partial charge in [0, 0.05) is 24.7 Å². The van der Waals surface area contributed by atoms with Gasteiger partial charge in [0.15, 0.2) is 12.7 Å². The molecule has 1 unspecified atom stereocenters. The van der Waals surface area contributed by atoms with Gasteiger partial charge in [0.1, 0.15) is 0 Å². The Bertz CT molecular complexity index is 854. The van der Waals surface area contributed by atoms with E-state index in [0.29, 0.717) is 11.1 Å². The van der Waals surface area contributed by atoms with Crippen molar-refractivity contribution in [3.63, 3.8) is 0 Å². The van der Waals surface area contributed by atoms with Crippen LogP contribution in [0.3, 0.4) is 0 Å². The first-order chi connectivity index (χ1) is 12.8. The number of pyridine rings is 1. The number of amides is 1. The van der Waals surface area contributed by atoms with Gasteiger partial charge >= 0.3 is 12.1 Å². The molecular formula is C18H15F3N2O4. The standard InChI is InChI=1S/C18H15F3N2O4/c19-18(20,21)10-26-16-12(5-3-7-22-16)9-23-15(24)14-8-11-4-1-2-6-13(11)17(25)27-14/h1-7,14H,8-10H2,(H,23,24). The number of hydrogen-bond donors (Lipinski definition) is 1. The molecule has 1 aromatic carbocycles. The minimum absolute atomic E-state index is 0.116. The number of halogens is 3. The van der Waals surface area contributed by atoms with Crippen LogP contribution in [0.1, 0.15) is 21.5 Å². The quantitative estimate of drug-likeness (QED) is 0.807. The summed E-state index contributed by atoms with van der Waals surface area (Å²) < 4.78 is 46.8. The van der Waals surface area contributed by atoms with Crippen LogP contribution in [0.5, 0.6) is 5.88 Å². The first-order valence-corrected chi connectivity index (χ1v) is 8.03. The van der Waals surface area contributed by atoms with Crippen molar-refractivity contribution in [1.29, 1.82) is 0 Å². The van der Waals surface area contributed by atoms with E-state index < -0.39 is 30.8 Å². The number of aromatic nitrogens is 1. The summed E-state index contributed by atoms with van der Waals surface area (Å²) in [5.41, 5.74) is 1.39. The van der Waals surface area contributed by atoms with Crippen molar-refractivity contribution >= 4 is 11.9 Å². The molecule has 1 aliphatic heterocycles. The monoisotopic (exact) mass is 380 g/mol. The van der Waals surface area contributed by atoms with Gasteiger partial charge in [0.25, 0.3) is 5.91 Å². The molecule has 2 heterocycles. The second kappa shape index (κ2) is 7.65. The molecule has 1 amide bonds. The van der Waals surface area contributed by atoms with Crippen molar-refractivity contribution in [3.8, 4) is 5.88 Å². The highest BCUT2D eigenvalue weighted by Gasteiger charge is 2.31. The van der Waals surface area contributed by atoms with Gasteiger partial charge in [-0.05, 0) is 17.7 Å². The number of rotatable bonds is 5. The van der Waals surface area contributed by atoms with E-state index in [-0.39, 0.29) is 24.4 Å². The Balaban J connectivity index is 1.63. The van der Waals surface area contributed by atoms with E-state index in [9.17, 15) is 22.8 Å². The van der Waals surface area contributed by atoms with Crippen LogP contribution in [0.25, 0.3) is 0 Å². The molecule has 1 atom stereocenters. The molecule has 1 aromatic heterocycles. The fourth-order valence-corrected chi connectivity index (χ4v) is 2.61. The largest absolute Gasteiger partial charge is 0.468 e. The number of fused-ring (bicyclic) bond motifs is 1. The first kappa shape index (κ1) is 18.7. The Labute approximate surface area is 152 Å². The number of ether oxygens (including phenoxy) is 2. The van der Waals surface area contributed by atoms with Gasteiger partial charge in [0.2, 0.25) is 5.88 Å². The lowest BCUT2D eigenvalue weighted by molar-refractivity contribution is -0.154. The zero-order valence-corrected chi connectivity index (χ0v) is 14.0. The van der Waals surface area contributed by atoms with Crippen LogP contribution in [0, 0.1) is 0 Å². The summed E-state index contributed by atoms with van der Waals surface area (Å²) in [6.45, 7) is -1.60. The number of cyclic esters (lactones) is 1. The second-order valence-corrected chi connectivity index (χ2v) is 5.84.